The normalized spacial score (nSPS) is 27.7. The Morgan fingerprint density at radius 2 is 1.08 bits per heavy atom. The zero-order valence-corrected chi connectivity index (χ0v) is 15.1. The van der Waals surface area contributed by atoms with Crippen molar-refractivity contribution in [2.45, 2.75) is 57.9 Å². The molecule has 0 amide bonds. The summed E-state index contributed by atoms with van der Waals surface area (Å²) in [6.45, 7) is 8.40. The van der Waals surface area contributed by atoms with Crippen molar-refractivity contribution in [1.29, 1.82) is 0 Å². The molecule has 132 valence electrons. The first-order chi connectivity index (χ1) is 12.0. The van der Waals surface area contributed by atoms with Gasteiger partial charge in [0, 0.05) is 16.5 Å². The minimum atomic E-state index is -0.288. The number of hydrogen-bond donors (Lipinski definition) is 0. The standard InChI is InChI=1S/C21H24O4/c1-13-19(22-13)24-17-11-7-5-9-15(17)21(3,4)16-10-6-8-12-18(16)25-20-14(2)23-20/h5-14,19-20H,1-4H3. The minimum Gasteiger partial charge on any atom is -0.462 e. The zero-order valence-electron chi connectivity index (χ0n) is 15.1. The van der Waals surface area contributed by atoms with Crippen LogP contribution in [0.5, 0.6) is 11.5 Å². The van der Waals surface area contributed by atoms with Crippen molar-refractivity contribution in [3.63, 3.8) is 0 Å². The summed E-state index contributed by atoms with van der Waals surface area (Å²) in [7, 11) is 0. The summed E-state index contributed by atoms with van der Waals surface area (Å²) in [5.41, 5.74) is 1.93. The fraction of sp³-hybridized carbons (Fsp3) is 0.429. The fourth-order valence-electron chi connectivity index (χ4n) is 3.15. The maximum absolute atomic E-state index is 6.04. The van der Waals surface area contributed by atoms with E-state index in [2.05, 4.69) is 26.0 Å². The van der Waals surface area contributed by atoms with Crippen LogP contribution in [-0.2, 0) is 14.9 Å². The van der Waals surface area contributed by atoms with Crippen molar-refractivity contribution in [1.82, 2.24) is 0 Å². The Morgan fingerprint density at radius 3 is 1.44 bits per heavy atom. The molecule has 2 fully saturated rings. The third-order valence-electron chi connectivity index (χ3n) is 4.92. The van der Waals surface area contributed by atoms with Crippen LogP contribution in [0.4, 0.5) is 0 Å². The highest BCUT2D eigenvalue weighted by molar-refractivity contribution is 5.50. The van der Waals surface area contributed by atoms with Gasteiger partial charge in [0.25, 0.3) is 0 Å². The molecule has 4 unspecified atom stereocenters. The molecule has 0 aliphatic carbocycles. The van der Waals surface area contributed by atoms with Crippen molar-refractivity contribution < 1.29 is 18.9 Å². The summed E-state index contributed by atoms with van der Waals surface area (Å²) in [6.07, 6.45) is 0.00824. The first-order valence-electron chi connectivity index (χ1n) is 8.80. The van der Waals surface area contributed by atoms with E-state index < -0.39 is 0 Å². The summed E-state index contributed by atoms with van der Waals surface area (Å²) in [5, 5.41) is 0. The molecule has 2 aliphatic heterocycles. The first kappa shape index (κ1) is 16.4. The fourth-order valence-corrected chi connectivity index (χ4v) is 3.15. The van der Waals surface area contributed by atoms with E-state index >= 15 is 0 Å². The van der Waals surface area contributed by atoms with E-state index in [0.29, 0.717) is 0 Å². The molecule has 0 aromatic heterocycles. The predicted molar refractivity (Wildman–Crippen MR) is 94.9 cm³/mol. The second-order valence-corrected chi connectivity index (χ2v) is 7.27. The highest BCUT2D eigenvalue weighted by Gasteiger charge is 2.40. The van der Waals surface area contributed by atoms with Gasteiger partial charge in [-0.25, -0.2) is 0 Å². The van der Waals surface area contributed by atoms with E-state index in [1.54, 1.807) is 0 Å². The number of hydrogen-bond acceptors (Lipinski definition) is 4. The molecule has 0 bridgehead atoms. The number of ether oxygens (including phenoxy) is 4. The van der Waals surface area contributed by atoms with E-state index in [1.165, 1.54) is 0 Å². The lowest BCUT2D eigenvalue weighted by Gasteiger charge is -2.29. The Kier molecular flexibility index (Phi) is 3.97. The summed E-state index contributed by atoms with van der Waals surface area (Å²) >= 11 is 0. The molecular weight excluding hydrogens is 316 g/mol. The van der Waals surface area contributed by atoms with Gasteiger partial charge in [0.15, 0.2) is 0 Å². The maximum Gasteiger partial charge on any atom is 0.226 e. The van der Waals surface area contributed by atoms with Crippen LogP contribution >= 0.6 is 0 Å². The highest BCUT2D eigenvalue weighted by Crippen LogP contribution is 2.43. The van der Waals surface area contributed by atoms with Gasteiger partial charge in [-0.2, -0.15) is 0 Å². The van der Waals surface area contributed by atoms with Crippen LogP contribution in [0.2, 0.25) is 0 Å². The van der Waals surface area contributed by atoms with Gasteiger partial charge in [-0.3, -0.25) is 0 Å². The van der Waals surface area contributed by atoms with Gasteiger partial charge in [0.05, 0.1) is 0 Å². The summed E-state index contributed by atoms with van der Waals surface area (Å²) in [5.74, 6) is 1.71. The zero-order chi connectivity index (χ0) is 17.6. The molecule has 2 aromatic carbocycles. The number of epoxide rings is 2. The molecule has 25 heavy (non-hydrogen) atoms. The molecule has 0 radical (unpaired) electrons. The Morgan fingerprint density at radius 1 is 0.720 bits per heavy atom. The second-order valence-electron chi connectivity index (χ2n) is 7.27. The summed E-state index contributed by atoms with van der Waals surface area (Å²) in [4.78, 5) is 0. The van der Waals surface area contributed by atoms with Crippen LogP contribution < -0.4 is 9.47 Å². The minimum absolute atomic E-state index is 0.149. The van der Waals surface area contributed by atoms with Crippen LogP contribution in [0.25, 0.3) is 0 Å². The van der Waals surface area contributed by atoms with Gasteiger partial charge in [-0.05, 0) is 26.0 Å². The molecule has 2 aromatic rings. The van der Waals surface area contributed by atoms with Crippen LogP contribution in [-0.4, -0.2) is 24.8 Å². The maximum atomic E-state index is 6.04. The van der Waals surface area contributed by atoms with Gasteiger partial charge in [-0.15, -0.1) is 0 Å². The number of rotatable bonds is 6. The molecule has 4 atom stereocenters. The molecule has 2 saturated heterocycles. The first-order valence-corrected chi connectivity index (χ1v) is 8.80. The smallest absolute Gasteiger partial charge is 0.226 e. The van der Waals surface area contributed by atoms with Crippen molar-refractivity contribution in [2.75, 3.05) is 0 Å². The topological polar surface area (TPSA) is 43.5 Å². The van der Waals surface area contributed by atoms with E-state index in [-0.39, 0.29) is 30.2 Å². The average Bonchev–Trinajstić information content (AvgIpc) is 3.48. The van der Waals surface area contributed by atoms with Gasteiger partial charge >= 0.3 is 0 Å². The lowest BCUT2D eigenvalue weighted by atomic mass is 9.77. The van der Waals surface area contributed by atoms with Crippen molar-refractivity contribution in [2.24, 2.45) is 0 Å². The van der Waals surface area contributed by atoms with Gasteiger partial charge in [0.2, 0.25) is 12.6 Å². The lowest BCUT2D eigenvalue weighted by molar-refractivity contribution is 0.173. The molecule has 4 rings (SSSR count). The molecule has 0 spiro atoms. The average molecular weight is 340 g/mol. The monoisotopic (exact) mass is 340 g/mol. The Hall–Kier alpha value is -2.04. The van der Waals surface area contributed by atoms with Gasteiger partial charge in [-0.1, -0.05) is 50.2 Å². The third-order valence-corrected chi connectivity index (χ3v) is 4.92. The van der Waals surface area contributed by atoms with E-state index in [9.17, 15) is 0 Å². The third kappa shape index (κ3) is 3.24. The molecular formula is C21H24O4. The number of benzene rings is 2. The molecule has 2 heterocycles. The van der Waals surface area contributed by atoms with Crippen LogP contribution in [0, 0.1) is 0 Å². The Balaban J connectivity index is 1.68. The molecule has 0 N–H and O–H groups in total. The van der Waals surface area contributed by atoms with Crippen molar-refractivity contribution in [3.05, 3.63) is 59.7 Å². The highest BCUT2D eigenvalue weighted by atomic mass is 16.8. The van der Waals surface area contributed by atoms with E-state index in [4.69, 9.17) is 18.9 Å². The van der Waals surface area contributed by atoms with Crippen LogP contribution in [0.3, 0.4) is 0 Å². The predicted octanol–water partition coefficient (Wildman–Crippen LogP) is 4.26. The Bertz CT molecular complexity index is 706. The van der Waals surface area contributed by atoms with Gasteiger partial charge < -0.3 is 18.9 Å². The van der Waals surface area contributed by atoms with E-state index in [1.807, 2.05) is 50.2 Å². The lowest BCUT2D eigenvalue weighted by Crippen LogP contribution is -2.22. The number of para-hydroxylation sites is 2. The molecule has 2 aliphatic rings. The largest absolute Gasteiger partial charge is 0.462 e. The Labute approximate surface area is 148 Å². The van der Waals surface area contributed by atoms with Crippen molar-refractivity contribution >= 4 is 0 Å². The molecule has 0 saturated carbocycles. The van der Waals surface area contributed by atoms with E-state index in [0.717, 1.165) is 22.6 Å². The SMILES string of the molecule is CC1OC1Oc1ccccc1C(C)(C)c1ccccc1OC1OC1C. The van der Waals surface area contributed by atoms with Crippen LogP contribution in [0.1, 0.15) is 38.8 Å². The quantitative estimate of drug-likeness (QED) is 0.737. The van der Waals surface area contributed by atoms with Crippen molar-refractivity contribution in [3.8, 4) is 11.5 Å². The van der Waals surface area contributed by atoms with Gasteiger partial charge in [0.1, 0.15) is 23.7 Å². The molecule has 4 heteroatoms. The second kappa shape index (κ2) is 6.04. The molecule has 4 nitrogen and oxygen atoms in total. The summed E-state index contributed by atoms with van der Waals surface area (Å²) in [6, 6.07) is 16.3. The summed E-state index contributed by atoms with van der Waals surface area (Å²) < 4.78 is 22.9. The van der Waals surface area contributed by atoms with Crippen LogP contribution in [0.15, 0.2) is 48.5 Å².